The minimum atomic E-state index is -0.526. The number of ether oxygens (including phenoxy) is 1. The Bertz CT molecular complexity index is 783. The van der Waals surface area contributed by atoms with E-state index in [2.05, 4.69) is 16.8 Å². The Morgan fingerprint density at radius 1 is 1.11 bits per heavy atom. The van der Waals surface area contributed by atoms with Gasteiger partial charge in [0.05, 0.1) is 0 Å². The number of rotatable bonds is 8. The summed E-state index contributed by atoms with van der Waals surface area (Å²) in [5.74, 6) is 0.654. The molecule has 0 aliphatic carbocycles. The fourth-order valence-corrected chi connectivity index (χ4v) is 3.15. The van der Waals surface area contributed by atoms with Gasteiger partial charge in [-0.15, -0.1) is 0 Å². The molecule has 148 valence electrons. The van der Waals surface area contributed by atoms with Crippen molar-refractivity contribution in [3.8, 4) is 5.75 Å². The number of hydrogen-bond acceptors (Lipinski definition) is 5. The summed E-state index contributed by atoms with van der Waals surface area (Å²) in [6.45, 7) is 4.89. The van der Waals surface area contributed by atoms with Gasteiger partial charge in [-0.3, -0.25) is 9.69 Å². The first-order valence-corrected chi connectivity index (χ1v) is 9.69. The summed E-state index contributed by atoms with van der Waals surface area (Å²) in [5, 5.41) is 10.3. The smallest absolute Gasteiger partial charge is 0.185 e. The van der Waals surface area contributed by atoms with E-state index in [9.17, 15) is 9.90 Å². The van der Waals surface area contributed by atoms with E-state index in [0.717, 1.165) is 31.7 Å². The second kappa shape index (κ2) is 10.2. The Morgan fingerprint density at radius 2 is 1.86 bits per heavy atom. The third kappa shape index (κ3) is 6.30. The minimum Gasteiger partial charge on any atom is -0.491 e. The van der Waals surface area contributed by atoms with Crippen LogP contribution in [0.2, 0.25) is 0 Å². The summed E-state index contributed by atoms with van der Waals surface area (Å²) in [7, 11) is 2.12. The number of piperazine rings is 1. The maximum absolute atomic E-state index is 12.2. The Hall–Kier alpha value is -2.47. The van der Waals surface area contributed by atoms with Crippen LogP contribution in [0.3, 0.4) is 0 Å². The molecule has 0 spiro atoms. The quantitative estimate of drug-likeness (QED) is 0.564. The van der Waals surface area contributed by atoms with E-state index in [-0.39, 0.29) is 12.4 Å². The van der Waals surface area contributed by atoms with Crippen LogP contribution in [0.1, 0.15) is 15.9 Å². The zero-order valence-electron chi connectivity index (χ0n) is 16.3. The number of likely N-dealkylation sites (N-methyl/N-ethyl adjacent to an activating group) is 1. The molecule has 2 aromatic rings. The number of ketones is 1. The first kappa shape index (κ1) is 20.3. The summed E-state index contributed by atoms with van der Waals surface area (Å²) in [6, 6.07) is 16.7. The van der Waals surface area contributed by atoms with Gasteiger partial charge in [0.2, 0.25) is 0 Å². The first-order valence-electron chi connectivity index (χ1n) is 9.69. The normalized spacial score (nSPS) is 16.9. The SMILES string of the molecule is CN1CCN(CC(O)COc2cccc(/C=C/C(=O)c3ccccc3)c2)CC1. The third-order valence-corrected chi connectivity index (χ3v) is 4.85. The van der Waals surface area contributed by atoms with Gasteiger partial charge in [0, 0.05) is 38.3 Å². The molecule has 1 unspecified atom stereocenters. The van der Waals surface area contributed by atoms with Gasteiger partial charge in [-0.2, -0.15) is 0 Å². The van der Waals surface area contributed by atoms with E-state index in [0.29, 0.717) is 17.9 Å². The molecule has 5 nitrogen and oxygen atoms in total. The summed E-state index contributed by atoms with van der Waals surface area (Å²) >= 11 is 0. The Morgan fingerprint density at radius 3 is 2.61 bits per heavy atom. The molecule has 0 saturated carbocycles. The van der Waals surface area contributed by atoms with E-state index in [4.69, 9.17) is 4.74 Å². The van der Waals surface area contributed by atoms with Crippen LogP contribution >= 0.6 is 0 Å². The zero-order valence-corrected chi connectivity index (χ0v) is 16.3. The van der Waals surface area contributed by atoms with Crippen LogP contribution in [0.4, 0.5) is 0 Å². The number of β-amino-alcohol motifs (C(OH)–C–C–N with tert-alkyl or cyclic N) is 1. The van der Waals surface area contributed by atoms with Gasteiger partial charge >= 0.3 is 0 Å². The lowest BCUT2D eigenvalue weighted by atomic mass is 10.1. The van der Waals surface area contributed by atoms with Crippen molar-refractivity contribution >= 4 is 11.9 Å². The average molecular weight is 380 g/mol. The lowest BCUT2D eigenvalue weighted by Crippen LogP contribution is -2.47. The molecule has 0 bridgehead atoms. The molecule has 1 aliphatic rings. The van der Waals surface area contributed by atoms with Crippen LogP contribution in [-0.2, 0) is 0 Å². The highest BCUT2D eigenvalue weighted by Crippen LogP contribution is 2.15. The molecule has 0 aromatic heterocycles. The number of aliphatic hydroxyl groups excluding tert-OH is 1. The highest BCUT2D eigenvalue weighted by molar-refractivity contribution is 6.06. The van der Waals surface area contributed by atoms with Crippen molar-refractivity contribution in [2.75, 3.05) is 46.4 Å². The highest BCUT2D eigenvalue weighted by atomic mass is 16.5. The molecule has 0 amide bonds. The number of aliphatic hydroxyl groups is 1. The fourth-order valence-electron chi connectivity index (χ4n) is 3.15. The van der Waals surface area contributed by atoms with Gasteiger partial charge in [0.1, 0.15) is 18.5 Å². The Balaban J connectivity index is 1.49. The summed E-state index contributed by atoms with van der Waals surface area (Å²) in [4.78, 5) is 16.7. The van der Waals surface area contributed by atoms with Crippen molar-refractivity contribution in [3.63, 3.8) is 0 Å². The minimum absolute atomic E-state index is 0.0329. The van der Waals surface area contributed by atoms with Crippen molar-refractivity contribution in [2.45, 2.75) is 6.10 Å². The molecule has 3 rings (SSSR count). The van der Waals surface area contributed by atoms with Crippen LogP contribution < -0.4 is 4.74 Å². The molecule has 5 heteroatoms. The molecule has 1 atom stereocenters. The number of carbonyl (C=O) groups excluding carboxylic acids is 1. The van der Waals surface area contributed by atoms with Crippen molar-refractivity contribution in [1.82, 2.24) is 9.80 Å². The van der Waals surface area contributed by atoms with Crippen LogP contribution in [0.15, 0.2) is 60.7 Å². The van der Waals surface area contributed by atoms with Crippen molar-refractivity contribution in [2.24, 2.45) is 0 Å². The van der Waals surface area contributed by atoms with E-state index in [1.807, 2.05) is 42.5 Å². The van der Waals surface area contributed by atoms with Gasteiger partial charge in [0.15, 0.2) is 5.78 Å². The predicted octanol–water partition coefficient (Wildman–Crippen LogP) is 2.57. The fraction of sp³-hybridized carbons (Fsp3) is 0.348. The van der Waals surface area contributed by atoms with Gasteiger partial charge in [-0.1, -0.05) is 48.5 Å². The topological polar surface area (TPSA) is 53.0 Å². The van der Waals surface area contributed by atoms with Crippen LogP contribution in [0.5, 0.6) is 5.75 Å². The molecule has 1 N–H and O–H groups in total. The monoisotopic (exact) mass is 380 g/mol. The van der Waals surface area contributed by atoms with E-state index in [1.165, 1.54) is 0 Å². The third-order valence-electron chi connectivity index (χ3n) is 4.85. The van der Waals surface area contributed by atoms with Gasteiger partial charge in [-0.25, -0.2) is 0 Å². The summed E-state index contributed by atoms with van der Waals surface area (Å²) in [6.07, 6.45) is 2.82. The molecule has 1 fully saturated rings. The molecule has 2 aromatic carbocycles. The number of hydrogen-bond donors (Lipinski definition) is 1. The summed E-state index contributed by atoms with van der Waals surface area (Å²) in [5.41, 5.74) is 1.55. The molecular formula is C23H28N2O3. The van der Waals surface area contributed by atoms with Crippen molar-refractivity contribution in [1.29, 1.82) is 0 Å². The summed E-state index contributed by atoms with van der Waals surface area (Å²) < 4.78 is 5.76. The Labute approximate surface area is 166 Å². The number of benzene rings is 2. The molecule has 1 aliphatic heterocycles. The number of nitrogens with zero attached hydrogens (tertiary/aromatic N) is 2. The molecule has 1 heterocycles. The maximum atomic E-state index is 12.2. The Kier molecular flexibility index (Phi) is 7.37. The van der Waals surface area contributed by atoms with E-state index >= 15 is 0 Å². The second-order valence-electron chi connectivity index (χ2n) is 7.20. The lowest BCUT2D eigenvalue weighted by molar-refractivity contribution is 0.0505. The van der Waals surface area contributed by atoms with Crippen molar-refractivity contribution in [3.05, 3.63) is 71.8 Å². The molecule has 0 radical (unpaired) electrons. The second-order valence-corrected chi connectivity index (χ2v) is 7.20. The van der Waals surface area contributed by atoms with Gasteiger partial charge in [0.25, 0.3) is 0 Å². The van der Waals surface area contributed by atoms with E-state index in [1.54, 1.807) is 24.3 Å². The average Bonchev–Trinajstić information content (AvgIpc) is 2.73. The van der Waals surface area contributed by atoms with Crippen LogP contribution in [0.25, 0.3) is 6.08 Å². The standard InChI is InChI=1S/C23H28N2O3/c1-24-12-14-25(15-13-24)17-21(26)18-28-22-9-5-6-19(16-22)10-11-23(27)20-7-3-2-4-8-20/h2-11,16,21,26H,12-15,17-18H2,1H3/b11-10+. The predicted molar refractivity (Wildman–Crippen MR) is 112 cm³/mol. The van der Waals surface area contributed by atoms with Crippen LogP contribution in [-0.4, -0.2) is 73.2 Å². The number of allylic oxidation sites excluding steroid dienone is 1. The van der Waals surface area contributed by atoms with Gasteiger partial charge < -0.3 is 14.7 Å². The lowest BCUT2D eigenvalue weighted by Gasteiger charge is -2.33. The molecule has 28 heavy (non-hydrogen) atoms. The van der Waals surface area contributed by atoms with Crippen molar-refractivity contribution < 1.29 is 14.6 Å². The number of carbonyl (C=O) groups is 1. The van der Waals surface area contributed by atoms with Crippen LogP contribution in [0, 0.1) is 0 Å². The van der Waals surface area contributed by atoms with E-state index < -0.39 is 6.10 Å². The van der Waals surface area contributed by atoms with Gasteiger partial charge in [-0.05, 0) is 30.8 Å². The largest absolute Gasteiger partial charge is 0.491 e. The highest BCUT2D eigenvalue weighted by Gasteiger charge is 2.17. The molecule has 1 saturated heterocycles. The maximum Gasteiger partial charge on any atom is 0.185 e. The zero-order chi connectivity index (χ0) is 19.8. The molecular weight excluding hydrogens is 352 g/mol. The first-order chi connectivity index (χ1) is 13.6.